The summed E-state index contributed by atoms with van der Waals surface area (Å²) >= 11 is 0. The average Bonchev–Trinajstić information content (AvgIpc) is 2.79. The van der Waals surface area contributed by atoms with E-state index < -0.39 is 0 Å². The van der Waals surface area contributed by atoms with Gasteiger partial charge in [0.25, 0.3) is 5.91 Å². The largest absolute Gasteiger partial charge is 0.496 e. The summed E-state index contributed by atoms with van der Waals surface area (Å²) in [4.78, 5) is 13.0. The Morgan fingerprint density at radius 3 is 2.28 bits per heavy atom. The van der Waals surface area contributed by atoms with Crippen LogP contribution in [0.15, 0.2) is 72.8 Å². The van der Waals surface area contributed by atoms with Gasteiger partial charge in [0.15, 0.2) is 0 Å². The van der Waals surface area contributed by atoms with Gasteiger partial charge in [0.05, 0.1) is 7.11 Å². The minimum Gasteiger partial charge on any atom is -0.496 e. The molecule has 0 aliphatic heterocycles. The Kier molecular flexibility index (Phi) is 6.13. The van der Waals surface area contributed by atoms with Crippen LogP contribution >= 0.6 is 0 Å². The smallest absolute Gasteiger partial charge is 0.255 e. The van der Waals surface area contributed by atoms with E-state index in [4.69, 9.17) is 9.47 Å². The molecule has 4 heteroatoms. The van der Waals surface area contributed by atoms with Gasteiger partial charge >= 0.3 is 0 Å². The molecular formula is C28H27NO3. The zero-order chi connectivity index (χ0) is 22.7. The predicted octanol–water partition coefficient (Wildman–Crippen LogP) is 6.60. The van der Waals surface area contributed by atoms with Gasteiger partial charge < -0.3 is 14.8 Å². The quantitative estimate of drug-likeness (QED) is 0.378. The van der Waals surface area contributed by atoms with Crippen LogP contribution in [0.4, 0.5) is 5.69 Å². The number of amides is 1. The van der Waals surface area contributed by atoms with Crippen molar-refractivity contribution < 1.29 is 14.3 Å². The number of rotatable bonds is 6. The van der Waals surface area contributed by atoms with E-state index in [1.165, 1.54) is 5.56 Å². The fourth-order valence-corrected chi connectivity index (χ4v) is 4.01. The van der Waals surface area contributed by atoms with Crippen molar-refractivity contribution in [2.24, 2.45) is 0 Å². The van der Waals surface area contributed by atoms with Crippen LogP contribution in [0.1, 0.15) is 32.6 Å². The molecular weight excluding hydrogens is 398 g/mol. The molecule has 0 radical (unpaired) electrons. The lowest BCUT2D eigenvalue weighted by Gasteiger charge is -2.15. The standard InChI is InChI=1S/C28H27NO3/c1-18-13-19(2)27(20(3)14-18)29-28(30)23-10-12-26(31-4)24(15-23)17-32-25-11-9-21-7-5-6-8-22(21)16-25/h5-16H,17H2,1-4H3,(H,29,30). The summed E-state index contributed by atoms with van der Waals surface area (Å²) < 4.78 is 11.5. The minimum atomic E-state index is -0.158. The monoisotopic (exact) mass is 425 g/mol. The zero-order valence-electron chi connectivity index (χ0n) is 18.9. The number of methoxy groups -OCH3 is 1. The summed E-state index contributed by atoms with van der Waals surface area (Å²) in [6, 6.07) is 23.7. The molecule has 4 rings (SSSR count). The molecule has 0 saturated heterocycles. The third kappa shape index (κ3) is 4.59. The lowest BCUT2D eigenvalue weighted by molar-refractivity contribution is 0.102. The topological polar surface area (TPSA) is 47.6 Å². The average molecular weight is 426 g/mol. The molecule has 0 bridgehead atoms. The second-order valence-electron chi connectivity index (χ2n) is 8.05. The third-order valence-corrected chi connectivity index (χ3v) is 5.57. The second kappa shape index (κ2) is 9.15. The highest BCUT2D eigenvalue weighted by molar-refractivity contribution is 6.05. The van der Waals surface area contributed by atoms with Crippen molar-refractivity contribution in [1.29, 1.82) is 0 Å². The van der Waals surface area contributed by atoms with Gasteiger partial charge in [0.1, 0.15) is 18.1 Å². The first-order valence-corrected chi connectivity index (χ1v) is 10.6. The van der Waals surface area contributed by atoms with E-state index in [2.05, 4.69) is 36.5 Å². The van der Waals surface area contributed by atoms with Crippen LogP contribution < -0.4 is 14.8 Å². The van der Waals surface area contributed by atoms with E-state index in [0.29, 0.717) is 17.9 Å². The SMILES string of the molecule is COc1ccc(C(=O)Nc2c(C)cc(C)cc2C)cc1COc1ccc2ccccc2c1. The Bertz CT molecular complexity index is 1270. The molecule has 4 aromatic carbocycles. The molecule has 0 unspecified atom stereocenters. The summed E-state index contributed by atoms with van der Waals surface area (Å²) in [7, 11) is 1.62. The van der Waals surface area contributed by atoms with Gasteiger partial charge in [-0.15, -0.1) is 0 Å². The van der Waals surface area contributed by atoms with Crippen LogP contribution in [-0.2, 0) is 6.61 Å². The molecule has 0 spiro atoms. The highest BCUT2D eigenvalue weighted by Gasteiger charge is 2.14. The maximum absolute atomic E-state index is 13.0. The van der Waals surface area contributed by atoms with Crippen molar-refractivity contribution in [3.8, 4) is 11.5 Å². The number of fused-ring (bicyclic) bond motifs is 1. The highest BCUT2D eigenvalue weighted by Crippen LogP contribution is 2.26. The summed E-state index contributed by atoms with van der Waals surface area (Å²) in [5.74, 6) is 1.30. The van der Waals surface area contributed by atoms with E-state index in [1.54, 1.807) is 13.2 Å². The molecule has 0 fully saturated rings. The fourth-order valence-electron chi connectivity index (χ4n) is 4.01. The summed E-state index contributed by atoms with van der Waals surface area (Å²) in [5, 5.41) is 5.34. The maximum atomic E-state index is 13.0. The van der Waals surface area contributed by atoms with E-state index in [0.717, 1.165) is 38.9 Å². The Labute approximate surface area is 188 Å². The van der Waals surface area contributed by atoms with Crippen molar-refractivity contribution in [2.45, 2.75) is 27.4 Å². The van der Waals surface area contributed by atoms with E-state index in [-0.39, 0.29) is 5.91 Å². The number of carbonyl (C=O) groups excluding carboxylic acids is 1. The van der Waals surface area contributed by atoms with Gasteiger partial charge in [-0.25, -0.2) is 0 Å². The normalized spacial score (nSPS) is 10.8. The molecule has 4 nitrogen and oxygen atoms in total. The predicted molar refractivity (Wildman–Crippen MR) is 130 cm³/mol. The van der Waals surface area contributed by atoms with Crippen LogP contribution in [0.3, 0.4) is 0 Å². The number of aryl methyl sites for hydroxylation is 3. The fraction of sp³-hybridized carbons (Fsp3) is 0.179. The van der Waals surface area contributed by atoms with Gasteiger partial charge in [0.2, 0.25) is 0 Å². The molecule has 0 atom stereocenters. The Morgan fingerprint density at radius 1 is 0.844 bits per heavy atom. The van der Waals surface area contributed by atoms with Crippen molar-refractivity contribution in [1.82, 2.24) is 0 Å². The summed E-state index contributed by atoms with van der Waals surface area (Å²) in [6.07, 6.45) is 0. The zero-order valence-corrected chi connectivity index (χ0v) is 18.9. The number of carbonyl (C=O) groups is 1. The van der Waals surface area contributed by atoms with Crippen LogP contribution in [0, 0.1) is 20.8 Å². The summed E-state index contributed by atoms with van der Waals surface area (Å²) in [6.45, 7) is 6.36. The second-order valence-corrected chi connectivity index (χ2v) is 8.05. The highest BCUT2D eigenvalue weighted by atomic mass is 16.5. The lowest BCUT2D eigenvalue weighted by atomic mass is 10.0. The Balaban J connectivity index is 1.54. The maximum Gasteiger partial charge on any atom is 0.255 e. The first-order valence-electron chi connectivity index (χ1n) is 10.6. The van der Waals surface area contributed by atoms with Crippen LogP contribution in [0.2, 0.25) is 0 Å². The number of hydrogen-bond acceptors (Lipinski definition) is 3. The molecule has 0 heterocycles. The lowest BCUT2D eigenvalue weighted by Crippen LogP contribution is -2.14. The van der Waals surface area contributed by atoms with Crippen LogP contribution in [0.25, 0.3) is 10.8 Å². The molecule has 0 saturated carbocycles. The van der Waals surface area contributed by atoms with Gasteiger partial charge in [-0.05, 0) is 73.0 Å². The number of anilines is 1. The molecule has 0 aliphatic carbocycles. The van der Waals surface area contributed by atoms with Gasteiger partial charge in [-0.3, -0.25) is 4.79 Å². The van der Waals surface area contributed by atoms with E-state index in [1.807, 2.05) is 56.3 Å². The van der Waals surface area contributed by atoms with Crippen LogP contribution in [0.5, 0.6) is 11.5 Å². The number of nitrogens with one attached hydrogen (secondary N) is 1. The Hall–Kier alpha value is -3.79. The number of hydrogen-bond donors (Lipinski definition) is 1. The number of benzene rings is 4. The third-order valence-electron chi connectivity index (χ3n) is 5.57. The molecule has 4 aromatic rings. The summed E-state index contributed by atoms with van der Waals surface area (Å²) in [5.41, 5.74) is 5.49. The van der Waals surface area contributed by atoms with E-state index in [9.17, 15) is 4.79 Å². The van der Waals surface area contributed by atoms with Crippen LogP contribution in [-0.4, -0.2) is 13.0 Å². The van der Waals surface area contributed by atoms with Gasteiger partial charge in [0, 0.05) is 16.8 Å². The van der Waals surface area contributed by atoms with Crippen molar-refractivity contribution in [2.75, 3.05) is 12.4 Å². The van der Waals surface area contributed by atoms with E-state index >= 15 is 0 Å². The van der Waals surface area contributed by atoms with Crippen molar-refractivity contribution in [3.63, 3.8) is 0 Å². The number of ether oxygens (including phenoxy) is 2. The molecule has 32 heavy (non-hydrogen) atoms. The molecule has 0 aromatic heterocycles. The first-order chi connectivity index (χ1) is 15.4. The van der Waals surface area contributed by atoms with Gasteiger partial charge in [-0.2, -0.15) is 0 Å². The molecule has 1 N–H and O–H groups in total. The van der Waals surface area contributed by atoms with Gasteiger partial charge in [-0.1, -0.05) is 48.0 Å². The molecule has 1 amide bonds. The minimum absolute atomic E-state index is 0.158. The first kappa shape index (κ1) is 21.4. The van der Waals surface area contributed by atoms with Crippen molar-refractivity contribution >= 4 is 22.4 Å². The molecule has 0 aliphatic rings. The molecule has 162 valence electrons. The van der Waals surface area contributed by atoms with Crippen molar-refractivity contribution in [3.05, 3.63) is 101 Å². The Morgan fingerprint density at radius 2 is 1.56 bits per heavy atom.